The summed E-state index contributed by atoms with van der Waals surface area (Å²) < 4.78 is 0. The number of phenols is 1. The molecule has 0 aromatic heterocycles. The molecule has 1 unspecified atom stereocenters. The molecule has 0 aliphatic carbocycles. The van der Waals surface area contributed by atoms with Crippen molar-refractivity contribution in [3.63, 3.8) is 0 Å². The minimum absolute atomic E-state index is 0.0479. The fourth-order valence-corrected chi connectivity index (χ4v) is 5.01. The molecule has 192 valence electrons. The Labute approximate surface area is 213 Å². The number of anilines is 3. The van der Waals surface area contributed by atoms with Gasteiger partial charge in [0.25, 0.3) is 16.8 Å². The maximum Gasteiger partial charge on any atom is 0.257 e. The Morgan fingerprint density at radius 3 is 2.54 bits per heavy atom. The predicted molar refractivity (Wildman–Crippen MR) is 140 cm³/mol. The summed E-state index contributed by atoms with van der Waals surface area (Å²) in [6, 6.07) is 13.6. The van der Waals surface area contributed by atoms with Crippen LogP contribution in [-0.2, 0) is 4.79 Å². The van der Waals surface area contributed by atoms with Crippen LogP contribution >= 0.6 is 0 Å². The van der Waals surface area contributed by atoms with Gasteiger partial charge in [-0.1, -0.05) is 43.3 Å². The second-order valence-corrected chi connectivity index (χ2v) is 9.34. The van der Waals surface area contributed by atoms with Crippen molar-refractivity contribution in [1.29, 1.82) is 0 Å². The molecule has 10 heteroatoms. The lowest BCUT2D eigenvalue weighted by Gasteiger charge is -2.43. The van der Waals surface area contributed by atoms with Gasteiger partial charge in [-0.15, -0.1) is 0 Å². The number of hydrogen-bond donors (Lipinski definition) is 4. The Balaban J connectivity index is 1.35. The number of rotatable bonds is 7. The number of fused-ring (bicyclic) bond motifs is 1. The van der Waals surface area contributed by atoms with E-state index in [9.17, 15) is 24.3 Å². The average molecular weight is 504 g/mol. The van der Waals surface area contributed by atoms with Crippen LogP contribution in [0.25, 0.3) is 0 Å². The number of piperazine rings is 2. The van der Waals surface area contributed by atoms with Crippen LogP contribution in [0.1, 0.15) is 35.3 Å². The van der Waals surface area contributed by atoms with Crippen molar-refractivity contribution >= 4 is 28.9 Å². The Morgan fingerprint density at radius 2 is 1.78 bits per heavy atom. The zero-order valence-corrected chi connectivity index (χ0v) is 20.5. The highest BCUT2D eigenvalue weighted by atomic mass is 16.3. The van der Waals surface area contributed by atoms with Crippen molar-refractivity contribution in [2.75, 3.05) is 43.4 Å². The van der Waals surface area contributed by atoms with E-state index in [0.29, 0.717) is 26.1 Å². The number of amides is 2. The van der Waals surface area contributed by atoms with Crippen molar-refractivity contribution in [3.05, 3.63) is 80.1 Å². The molecular formula is C27H29N5O5. The van der Waals surface area contributed by atoms with Gasteiger partial charge >= 0.3 is 0 Å². The van der Waals surface area contributed by atoms with E-state index < -0.39 is 22.8 Å². The standard InChI is InChI=1S/C27H29N5O5/c1-2-18(16-7-4-3-5-8-16)29-21-22(25(35)24(21)34)30-19-10-6-9-17(23(19)33)27(37)32-14-13-31-12-11-28-26(36)20(31)15-32/h3-10,18,20,29-30,33H,2,11-15H2,1H3,(H,28,36)/t18-,20?/m1/s1. The van der Waals surface area contributed by atoms with Crippen molar-refractivity contribution in [3.8, 4) is 5.75 Å². The molecule has 4 N–H and O–H groups in total. The van der Waals surface area contributed by atoms with Crippen LogP contribution in [0.15, 0.2) is 58.1 Å². The molecule has 5 rings (SSSR count). The lowest BCUT2D eigenvalue weighted by molar-refractivity contribution is -0.131. The molecule has 2 amide bonds. The summed E-state index contributed by atoms with van der Waals surface area (Å²) in [7, 11) is 0. The number of nitrogens with one attached hydrogen (secondary N) is 3. The van der Waals surface area contributed by atoms with Crippen LogP contribution < -0.4 is 26.8 Å². The highest BCUT2D eigenvalue weighted by Gasteiger charge is 2.37. The first-order valence-corrected chi connectivity index (χ1v) is 12.4. The van der Waals surface area contributed by atoms with Crippen molar-refractivity contribution in [2.24, 2.45) is 0 Å². The highest BCUT2D eigenvalue weighted by molar-refractivity contribution is 6.00. The quantitative estimate of drug-likeness (QED) is 0.282. The van der Waals surface area contributed by atoms with Crippen molar-refractivity contribution < 1.29 is 14.7 Å². The zero-order valence-electron chi connectivity index (χ0n) is 20.5. The van der Waals surface area contributed by atoms with E-state index in [1.807, 2.05) is 37.3 Å². The molecule has 2 aliphatic rings. The fourth-order valence-electron chi connectivity index (χ4n) is 5.01. The van der Waals surface area contributed by atoms with Gasteiger partial charge in [-0.2, -0.15) is 0 Å². The van der Waals surface area contributed by atoms with E-state index in [-0.39, 0.29) is 46.9 Å². The molecule has 0 bridgehead atoms. The summed E-state index contributed by atoms with van der Waals surface area (Å²) in [6.07, 6.45) is 0.684. The number of benzene rings is 2. The average Bonchev–Trinajstić information content (AvgIpc) is 2.93. The van der Waals surface area contributed by atoms with Gasteiger partial charge < -0.3 is 26.0 Å². The van der Waals surface area contributed by atoms with E-state index in [4.69, 9.17) is 0 Å². The zero-order chi connectivity index (χ0) is 26.1. The van der Waals surface area contributed by atoms with Gasteiger partial charge in [0.15, 0.2) is 5.75 Å². The molecule has 2 aliphatic heterocycles. The van der Waals surface area contributed by atoms with E-state index in [1.165, 1.54) is 12.1 Å². The first-order valence-electron chi connectivity index (χ1n) is 12.4. The topological polar surface area (TPSA) is 131 Å². The SMILES string of the molecule is CC[C@@H](Nc1c(Nc2cccc(C(=O)N3CCN4CCNC(=O)C4C3)c2O)c(=O)c1=O)c1ccccc1. The summed E-state index contributed by atoms with van der Waals surface area (Å²) in [4.78, 5) is 54.0. The molecule has 2 atom stereocenters. The Bertz CT molecular complexity index is 1400. The van der Waals surface area contributed by atoms with Gasteiger partial charge in [-0.3, -0.25) is 24.1 Å². The van der Waals surface area contributed by atoms with Crippen LogP contribution in [0.2, 0.25) is 0 Å². The van der Waals surface area contributed by atoms with Gasteiger partial charge in [0.2, 0.25) is 5.91 Å². The minimum Gasteiger partial charge on any atom is -0.505 e. The number of aromatic hydroxyl groups is 1. The normalized spacial score (nSPS) is 18.7. The Kier molecular flexibility index (Phi) is 6.66. The van der Waals surface area contributed by atoms with Gasteiger partial charge in [0.1, 0.15) is 17.4 Å². The molecular weight excluding hydrogens is 474 g/mol. The minimum atomic E-state index is -0.694. The number of carbonyl (C=O) groups is 2. The summed E-state index contributed by atoms with van der Waals surface area (Å²) in [5.41, 5.74) is 0.0452. The monoisotopic (exact) mass is 503 g/mol. The molecule has 2 fully saturated rings. The number of carbonyl (C=O) groups excluding carboxylic acids is 2. The van der Waals surface area contributed by atoms with E-state index in [0.717, 1.165) is 12.1 Å². The molecule has 0 saturated carbocycles. The smallest absolute Gasteiger partial charge is 0.257 e. The molecule has 37 heavy (non-hydrogen) atoms. The third kappa shape index (κ3) is 4.55. The molecule has 2 saturated heterocycles. The third-order valence-corrected chi connectivity index (χ3v) is 7.14. The van der Waals surface area contributed by atoms with Crippen LogP contribution in [0, 0.1) is 0 Å². The predicted octanol–water partition coefficient (Wildman–Crippen LogP) is 1.55. The van der Waals surface area contributed by atoms with Crippen LogP contribution in [0.5, 0.6) is 5.75 Å². The van der Waals surface area contributed by atoms with Crippen LogP contribution in [0.4, 0.5) is 17.1 Å². The first-order chi connectivity index (χ1) is 17.9. The van der Waals surface area contributed by atoms with Gasteiger partial charge in [0, 0.05) is 32.7 Å². The van der Waals surface area contributed by atoms with E-state index in [2.05, 4.69) is 20.9 Å². The Hall–Kier alpha value is -4.18. The second-order valence-electron chi connectivity index (χ2n) is 9.34. The van der Waals surface area contributed by atoms with E-state index >= 15 is 0 Å². The number of phenolic OH excluding ortho intramolecular Hbond substituents is 1. The summed E-state index contributed by atoms with van der Waals surface area (Å²) in [6.45, 7) is 4.54. The first kappa shape index (κ1) is 24.5. The largest absolute Gasteiger partial charge is 0.505 e. The number of hydrogen-bond acceptors (Lipinski definition) is 8. The second kappa shape index (κ2) is 10.1. The molecule has 10 nitrogen and oxygen atoms in total. The summed E-state index contributed by atoms with van der Waals surface area (Å²) in [5.74, 6) is -0.834. The van der Waals surface area contributed by atoms with Gasteiger partial charge in [-0.05, 0) is 24.1 Å². The maximum atomic E-state index is 13.3. The number of para-hydroxylation sites is 1. The van der Waals surface area contributed by atoms with Crippen molar-refractivity contribution in [1.82, 2.24) is 15.1 Å². The maximum absolute atomic E-state index is 13.3. The molecule has 0 radical (unpaired) electrons. The molecule has 0 spiro atoms. The summed E-state index contributed by atoms with van der Waals surface area (Å²) >= 11 is 0. The molecule has 2 heterocycles. The van der Waals surface area contributed by atoms with Gasteiger partial charge in [-0.25, -0.2) is 0 Å². The molecule has 3 aromatic rings. The third-order valence-electron chi connectivity index (χ3n) is 7.14. The summed E-state index contributed by atoms with van der Waals surface area (Å²) in [5, 5.41) is 19.8. The lowest BCUT2D eigenvalue weighted by Crippen LogP contribution is -2.64. The fraction of sp³-hybridized carbons (Fsp3) is 0.333. The van der Waals surface area contributed by atoms with E-state index in [1.54, 1.807) is 11.0 Å². The molecule has 3 aromatic carbocycles. The van der Waals surface area contributed by atoms with Crippen LogP contribution in [0.3, 0.4) is 0 Å². The highest BCUT2D eigenvalue weighted by Crippen LogP contribution is 2.34. The number of nitrogens with zero attached hydrogens (tertiary/aromatic N) is 2. The van der Waals surface area contributed by atoms with Crippen LogP contribution in [-0.4, -0.2) is 65.5 Å². The van der Waals surface area contributed by atoms with Crippen molar-refractivity contribution in [2.45, 2.75) is 25.4 Å². The lowest BCUT2D eigenvalue weighted by atomic mass is 10.0. The van der Waals surface area contributed by atoms with Gasteiger partial charge in [0.05, 0.1) is 17.3 Å². The Morgan fingerprint density at radius 1 is 1.03 bits per heavy atom.